The maximum absolute atomic E-state index is 12.6. The summed E-state index contributed by atoms with van der Waals surface area (Å²) in [4.78, 5) is 20.3. The van der Waals surface area contributed by atoms with Crippen LogP contribution in [-0.4, -0.2) is 10.9 Å². The molecule has 3 aromatic carbocycles. The molecule has 144 valence electrons. The zero-order valence-electron chi connectivity index (χ0n) is 15.8. The first-order valence-corrected chi connectivity index (χ1v) is 11.0. The van der Waals surface area contributed by atoms with Crippen LogP contribution in [0.1, 0.15) is 26.4 Å². The van der Waals surface area contributed by atoms with Crippen molar-refractivity contribution in [1.82, 2.24) is 4.98 Å². The molecule has 1 aromatic heterocycles. The maximum Gasteiger partial charge on any atom is 0.256 e. The summed E-state index contributed by atoms with van der Waals surface area (Å²) in [5, 5.41) is 13.0. The van der Waals surface area contributed by atoms with Gasteiger partial charge in [0.1, 0.15) is 5.01 Å². The number of rotatable bonds is 3. The topological polar surface area (TPSA) is 65.8 Å². The summed E-state index contributed by atoms with van der Waals surface area (Å²) in [5.41, 5.74) is 4.23. The van der Waals surface area contributed by atoms with E-state index in [1.54, 1.807) is 29.2 Å². The third-order valence-electron chi connectivity index (χ3n) is 4.81. The second-order valence-corrected chi connectivity index (χ2v) is 9.08. The van der Waals surface area contributed by atoms with Gasteiger partial charge >= 0.3 is 0 Å². The number of benzene rings is 3. The Bertz CT molecular complexity index is 1320. The van der Waals surface area contributed by atoms with Gasteiger partial charge in [0.15, 0.2) is 0 Å². The molecule has 0 aliphatic carbocycles. The van der Waals surface area contributed by atoms with Gasteiger partial charge in [-0.25, -0.2) is 4.98 Å². The van der Waals surface area contributed by atoms with E-state index in [2.05, 4.69) is 28.5 Å². The minimum atomic E-state index is -0.0774. The van der Waals surface area contributed by atoms with Gasteiger partial charge in [0, 0.05) is 32.8 Å². The Morgan fingerprint density at radius 3 is 2.80 bits per heavy atom. The van der Waals surface area contributed by atoms with Gasteiger partial charge in [-0.05, 0) is 42.0 Å². The molecule has 30 heavy (non-hydrogen) atoms. The van der Waals surface area contributed by atoms with Crippen LogP contribution in [0.5, 0.6) is 0 Å². The van der Waals surface area contributed by atoms with Crippen molar-refractivity contribution in [2.24, 2.45) is 0 Å². The highest BCUT2D eigenvalue weighted by Gasteiger charge is 2.19. The molecule has 2 heterocycles. The number of carbonyl (C=O) groups is 1. The van der Waals surface area contributed by atoms with Crippen LogP contribution in [0.15, 0.2) is 82.7 Å². The SMILES string of the molecule is N#Cc1cccc(-c2ncc(Cc3ccc4c(c3)NC(=O)c3ccccc3S4)s2)c1. The zero-order valence-corrected chi connectivity index (χ0v) is 17.4. The number of amides is 1. The van der Waals surface area contributed by atoms with Crippen molar-refractivity contribution in [3.63, 3.8) is 0 Å². The highest BCUT2D eigenvalue weighted by atomic mass is 32.2. The van der Waals surface area contributed by atoms with Crippen molar-refractivity contribution in [1.29, 1.82) is 5.26 Å². The number of anilines is 1. The van der Waals surface area contributed by atoms with Crippen LogP contribution in [0, 0.1) is 11.3 Å². The summed E-state index contributed by atoms with van der Waals surface area (Å²) in [6.07, 6.45) is 2.62. The van der Waals surface area contributed by atoms with Gasteiger partial charge in [0.2, 0.25) is 0 Å². The Hall–Kier alpha value is -3.40. The van der Waals surface area contributed by atoms with E-state index in [1.165, 1.54) is 0 Å². The number of nitrogens with one attached hydrogen (secondary N) is 1. The minimum Gasteiger partial charge on any atom is -0.321 e. The molecule has 5 rings (SSSR count). The highest BCUT2D eigenvalue weighted by molar-refractivity contribution is 7.99. The first kappa shape index (κ1) is 18.6. The van der Waals surface area contributed by atoms with E-state index >= 15 is 0 Å². The quantitative estimate of drug-likeness (QED) is 0.438. The lowest BCUT2D eigenvalue weighted by molar-refractivity contribution is 0.102. The van der Waals surface area contributed by atoms with Crippen LogP contribution >= 0.6 is 23.1 Å². The zero-order chi connectivity index (χ0) is 20.5. The summed E-state index contributed by atoms with van der Waals surface area (Å²) in [6.45, 7) is 0. The molecule has 4 nitrogen and oxygen atoms in total. The van der Waals surface area contributed by atoms with E-state index in [0.717, 1.165) is 42.9 Å². The second kappa shape index (κ2) is 7.79. The average molecular weight is 426 g/mol. The van der Waals surface area contributed by atoms with Crippen LogP contribution in [0.2, 0.25) is 0 Å². The second-order valence-electron chi connectivity index (χ2n) is 6.88. The molecular formula is C24H15N3OS2. The molecule has 0 atom stereocenters. The Morgan fingerprint density at radius 1 is 1.00 bits per heavy atom. The van der Waals surface area contributed by atoms with Crippen molar-refractivity contribution in [3.8, 4) is 16.6 Å². The fourth-order valence-corrected chi connectivity index (χ4v) is 5.32. The molecule has 4 aromatic rings. The third-order valence-corrected chi connectivity index (χ3v) is 7.01. The van der Waals surface area contributed by atoms with Crippen molar-refractivity contribution in [3.05, 3.63) is 94.5 Å². The summed E-state index contributed by atoms with van der Waals surface area (Å²) >= 11 is 3.23. The number of thiazole rings is 1. The molecular weight excluding hydrogens is 410 g/mol. The number of nitrogens with zero attached hydrogens (tertiary/aromatic N) is 2. The van der Waals surface area contributed by atoms with Crippen LogP contribution in [-0.2, 0) is 6.42 Å². The molecule has 0 spiro atoms. The number of hydrogen-bond acceptors (Lipinski definition) is 5. The van der Waals surface area contributed by atoms with Gasteiger partial charge in [0.25, 0.3) is 5.91 Å². The molecule has 0 unspecified atom stereocenters. The largest absolute Gasteiger partial charge is 0.321 e. The first-order valence-electron chi connectivity index (χ1n) is 9.36. The Labute approximate surface area is 182 Å². The van der Waals surface area contributed by atoms with Crippen LogP contribution in [0.25, 0.3) is 10.6 Å². The Balaban J connectivity index is 1.40. The molecule has 1 aliphatic heterocycles. The molecule has 1 aliphatic rings. The molecule has 0 bridgehead atoms. The minimum absolute atomic E-state index is 0.0774. The number of hydrogen-bond donors (Lipinski definition) is 1. The molecule has 1 amide bonds. The number of nitriles is 1. The third kappa shape index (κ3) is 3.61. The average Bonchev–Trinajstić information content (AvgIpc) is 3.18. The smallest absolute Gasteiger partial charge is 0.256 e. The van der Waals surface area contributed by atoms with Crippen LogP contribution in [0.3, 0.4) is 0 Å². The maximum atomic E-state index is 12.6. The summed E-state index contributed by atoms with van der Waals surface area (Å²) < 4.78 is 0. The number of fused-ring (bicyclic) bond motifs is 2. The van der Waals surface area contributed by atoms with Gasteiger partial charge in [0.05, 0.1) is 22.9 Å². The van der Waals surface area contributed by atoms with Crippen molar-refractivity contribution in [2.45, 2.75) is 16.2 Å². The van der Waals surface area contributed by atoms with Gasteiger partial charge in [-0.15, -0.1) is 11.3 Å². The predicted octanol–water partition coefficient (Wildman–Crippen LogP) is 5.99. The molecule has 1 N–H and O–H groups in total. The molecule has 0 saturated carbocycles. The van der Waals surface area contributed by atoms with E-state index in [0.29, 0.717) is 11.1 Å². The predicted molar refractivity (Wildman–Crippen MR) is 120 cm³/mol. The molecule has 0 fully saturated rings. The summed E-state index contributed by atoms with van der Waals surface area (Å²) in [7, 11) is 0. The fraction of sp³-hybridized carbons (Fsp3) is 0.0417. The first-order chi connectivity index (χ1) is 14.7. The number of aromatic nitrogens is 1. The van der Waals surface area contributed by atoms with E-state index < -0.39 is 0 Å². The lowest BCUT2D eigenvalue weighted by Crippen LogP contribution is -2.11. The molecule has 0 saturated heterocycles. The van der Waals surface area contributed by atoms with Gasteiger partial charge < -0.3 is 5.32 Å². The Kier molecular flexibility index (Phi) is 4.83. The van der Waals surface area contributed by atoms with E-state index in [9.17, 15) is 4.79 Å². The van der Waals surface area contributed by atoms with Crippen molar-refractivity contribution < 1.29 is 4.79 Å². The van der Waals surface area contributed by atoms with Crippen LogP contribution in [0.4, 0.5) is 5.69 Å². The lowest BCUT2D eigenvalue weighted by Gasteiger charge is -2.08. The molecule has 0 radical (unpaired) electrons. The monoisotopic (exact) mass is 425 g/mol. The number of carbonyl (C=O) groups excluding carboxylic acids is 1. The van der Waals surface area contributed by atoms with E-state index in [4.69, 9.17) is 5.26 Å². The fourth-order valence-electron chi connectivity index (χ4n) is 3.37. The highest BCUT2D eigenvalue weighted by Crippen LogP contribution is 2.39. The van der Waals surface area contributed by atoms with E-state index in [1.807, 2.05) is 54.7 Å². The van der Waals surface area contributed by atoms with Gasteiger partial charge in [-0.3, -0.25) is 4.79 Å². The lowest BCUT2D eigenvalue weighted by atomic mass is 10.1. The normalized spacial score (nSPS) is 12.3. The Morgan fingerprint density at radius 2 is 1.90 bits per heavy atom. The van der Waals surface area contributed by atoms with Crippen molar-refractivity contribution in [2.75, 3.05) is 5.32 Å². The van der Waals surface area contributed by atoms with Crippen LogP contribution < -0.4 is 5.32 Å². The van der Waals surface area contributed by atoms with E-state index in [-0.39, 0.29) is 5.91 Å². The van der Waals surface area contributed by atoms with Gasteiger partial charge in [-0.2, -0.15) is 5.26 Å². The summed E-state index contributed by atoms with van der Waals surface area (Å²) in [6, 6.07) is 23.5. The standard InChI is InChI=1S/C24H15N3OS2/c25-13-16-4-3-5-17(10-16)24-26-14-18(29-24)11-15-8-9-22-20(12-15)27-23(28)19-6-1-2-7-21(19)30-22/h1-10,12,14H,11H2,(H,27,28). The van der Waals surface area contributed by atoms with Crippen molar-refractivity contribution >= 4 is 34.7 Å². The molecule has 6 heteroatoms. The summed E-state index contributed by atoms with van der Waals surface area (Å²) in [5.74, 6) is -0.0774. The van der Waals surface area contributed by atoms with Gasteiger partial charge in [-0.1, -0.05) is 42.1 Å².